The van der Waals surface area contributed by atoms with Crippen LogP contribution in [0.2, 0.25) is 0 Å². The summed E-state index contributed by atoms with van der Waals surface area (Å²) in [5.74, 6) is -1.47. The van der Waals surface area contributed by atoms with Crippen molar-refractivity contribution in [3.63, 3.8) is 0 Å². The Morgan fingerprint density at radius 1 is 1.15 bits per heavy atom. The number of aliphatic hydroxyl groups excluding tert-OH is 1. The van der Waals surface area contributed by atoms with Gasteiger partial charge in [0.25, 0.3) is 5.78 Å². The molecule has 10 heteroatoms. The van der Waals surface area contributed by atoms with Gasteiger partial charge in [-0.15, -0.1) is 0 Å². The molecule has 0 radical (unpaired) electrons. The highest BCUT2D eigenvalue weighted by Gasteiger charge is 2.48. The molecule has 0 saturated carbocycles. The van der Waals surface area contributed by atoms with Crippen molar-refractivity contribution >= 4 is 60.1 Å². The number of rotatable bonds is 7. The number of methoxy groups -OCH3 is 1. The molecule has 1 aromatic heterocycles. The summed E-state index contributed by atoms with van der Waals surface area (Å²) in [6.07, 6.45) is 0.806. The van der Waals surface area contributed by atoms with Gasteiger partial charge in [-0.2, -0.15) is 0 Å². The van der Waals surface area contributed by atoms with Crippen LogP contribution >= 0.6 is 27.3 Å². The summed E-state index contributed by atoms with van der Waals surface area (Å²) in [6, 6.07) is 12.8. The first kappa shape index (κ1) is 27.7. The summed E-state index contributed by atoms with van der Waals surface area (Å²) in [7, 11) is 1.41. The number of ether oxygens (including phenoxy) is 2. The van der Waals surface area contributed by atoms with Gasteiger partial charge in [-0.3, -0.25) is 14.5 Å². The van der Waals surface area contributed by atoms with E-state index in [2.05, 4.69) is 15.9 Å². The van der Waals surface area contributed by atoms with E-state index in [0.29, 0.717) is 33.1 Å². The van der Waals surface area contributed by atoms with Crippen molar-refractivity contribution in [2.24, 2.45) is 0 Å². The molecular formula is C30H27BrN2O6S. The molecule has 1 fully saturated rings. The largest absolute Gasteiger partial charge is 0.507 e. The van der Waals surface area contributed by atoms with E-state index in [1.54, 1.807) is 36.4 Å². The molecule has 3 aromatic carbocycles. The number of halogens is 1. The number of hydrogen-bond acceptors (Lipinski definition) is 8. The quantitative estimate of drug-likeness (QED) is 0.132. The highest BCUT2D eigenvalue weighted by Crippen LogP contribution is 2.47. The molecule has 1 saturated heterocycles. The number of aliphatic hydroxyl groups is 1. The van der Waals surface area contributed by atoms with Crippen LogP contribution in [0.25, 0.3) is 16.0 Å². The Bertz CT molecular complexity index is 1700. The first-order chi connectivity index (χ1) is 19.1. The average molecular weight is 624 g/mol. The second kappa shape index (κ2) is 10.9. The van der Waals surface area contributed by atoms with E-state index in [-0.39, 0.29) is 22.8 Å². The van der Waals surface area contributed by atoms with E-state index in [0.717, 1.165) is 27.8 Å². The van der Waals surface area contributed by atoms with Crippen LogP contribution in [0.5, 0.6) is 17.2 Å². The molecule has 5 rings (SSSR count). The van der Waals surface area contributed by atoms with Crippen molar-refractivity contribution in [2.75, 3.05) is 18.6 Å². The lowest BCUT2D eigenvalue weighted by Gasteiger charge is -2.24. The molecule has 0 bridgehead atoms. The third-order valence-corrected chi connectivity index (χ3v) is 8.24. The number of benzene rings is 3. The Morgan fingerprint density at radius 2 is 1.93 bits per heavy atom. The number of phenols is 1. The van der Waals surface area contributed by atoms with Crippen molar-refractivity contribution in [3.8, 4) is 17.2 Å². The Balaban J connectivity index is 1.75. The third kappa shape index (κ3) is 4.82. The van der Waals surface area contributed by atoms with Crippen molar-refractivity contribution < 1.29 is 29.3 Å². The van der Waals surface area contributed by atoms with E-state index in [4.69, 9.17) is 14.5 Å². The molecule has 40 heavy (non-hydrogen) atoms. The number of fused-ring (bicyclic) bond motifs is 1. The second-order valence-corrected chi connectivity index (χ2v) is 11.4. The fraction of sp³-hybridized carbons (Fsp3) is 0.233. The molecule has 8 nitrogen and oxygen atoms in total. The molecular weight excluding hydrogens is 596 g/mol. The SMILES string of the molecule is CCCOc1cccc(C(O)=C2C(=O)C(=O)N(c3nc4c(C)cc(C)cc4s3)C2c2cc(Br)c(O)c(OC)c2)c1. The number of ketones is 1. The van der Waals surface area contributed by atoms with E-state index in [1.807, 2.05) is 32.9 Å². The minimum Gasteiger partial charge on any atom is -0.507 e. The number of amides is 1. The number of carbonyl (C=O) groups is 2. The van der Waals surface area contributed by atoms with Crippen LogP contribution < -0.4 is 14.4 Å². The van der Waals surface area contributed by atoms with Crippen molar-refractivity contribution in [1.29, 1.82) is 0 Å². The third-order valence-electron chi connectivity index (χ3n) is 6.64. The van der Waals surface area contributed by atoms with Gasteiger partial charge in [0, 0.05) is 5.56 Å². The number of thiazole rings is 1. The maximum Gasteiger partial charge on any atom is 0.301 e. The van der Waals surface area contributed by atoms with Gasteiger partial charge in [0.2, 0.25) is 0 Å². The first-order valence-corrected chi connectivity index (χ1v) is 14.2. The van der Waals surface area contributed by atoms with Crippen molar-refractivity contribution in [3.05, 3.63) is 80.8 Å². The van der Waals surface area contributed by atoms with Crippen LogP contribution in [-0.4, -0.2) is 40.6 Å². The fourth-order valence-corrected chi connectivity index (χ4v) is 6.45. The lowest BCUT2D eigenvalue weighted by atomic mass is 9.95. The van der Waals surface area contributed by atoms with Gasteiger partial charge in [0.1, 0.15) is 11.5 Å². The van der Waals surface area contributed by atoms with Crippen LogP contribution in [0.4, 0.5) is 5.13 Å². The summed E-state index contributed by atoms with van der Waals surface area (Å²) < 4.78 is 12.2. The number of carbonyl (C=O) groups excluding carboxylic acids is 2. The van der Waals surface area contributed by atoms with Crippen molar-refractivity contribution in [1.82, 2.24) is 4.98 Å². The molecule has 2 heterocycles. The molecule has 1 atom stereocenters. The number of hydrogen-bond donors (Lipinski definition) is 2. The van der Waals surface area contributed by atoms with Crippen molar-refractivity contribution in [2.45, 2.75) is 33.2 Å². The highest BCUT2D eigenvalue weighted by atomic mass is 79.9. The van der Waals surface area contributed by atoms with Crippen LogP contribution in [0.1, 0.15) is 41.6 Å². The smallest absolute Gasteiger partial charge is 0.301 e. The number of phenolic OH excluding ortho intramolecular Hbond substituents is 1. The maximum absolute atomic E-state index is 13.7. The van der Waals surface area contributed by atoms with E-state index < -0.39 is 17.7 Å². The molecule has 206 valence electrons. The molecule has 1 aliphatic rings. The summed E-state index contributed by atoms with van der Waals surface area (Å²) in [5.41, 5.74) is 3.39. The summed E-state index contributed by atoms with van der Waals surface area (Å²) in [4.78, 5) is 33.3. The Labute approximate surface area is 243 Å². The molecule has 1 amide bonds. The number of Topliss-reactive ketones (excluding diaryl/α,β-unsaturated/α-hetero) is 1. The zero-order valence-corrected chi connectivity index (χ0v) is 24.7. The Morgan fingerprint density at radius 3 is 2.65 bits per heavy atom. The topological polar surface area (TPSA) is 109 Å². The monoisotopic (exact) mass is 622 g/mol. The fourth-order valence-electron chi connectivity index (χ4n) is 4.82. The average Bonchev–Trinajstić information content (AvgIpc) is 3.47. The predicted octanol–water partition coefficient (Wildman–Crippen LogP) is 6.80. The van der Waals surface area contributed by atoms with E-state index >= 15 is 0 Å². The zero-order valence-electron chi connectivity index (χ0n) is 22.3. The summed E-state index contributed by atoms with van der Waals surface area (Å²) in [6.45, 7) is 6.41. The van der Waals surface area contributed by atoms with Crippen LogP contribution in [0.3, 0.4) is 0 Å². The van der Waals surface area contributed by atoms with E-state index in [9.17, 15) is 19.8 Å². The standard InChI is InChI=1S/C30H27BrN2O6S/c1-5-9-39-19-8-6-7-17(12-19)26(34)23-25(18-13-20(31)27(35)21(14-18)38-4)33(29(37)28(23)36)30-32-24-16(3)10-15(2)11-22(24)40-30/h6-8,10-14,25,34-35H,5,9H2,1-4H3. The number of nitrogens with zero attached hydrogens (tertiary/aromatic N) is 2. The molecule has 0 spiro atoms. The highest BCUT2D eigenvalue weighted by molar-refractivity contribution is 9.10. The lowest BCUT2D eigenvalue weighted by Crippen LogP contribution is -2.29. The van der Waals surface area contributed by atoms with Gasteiger partial charge in [-0.1, -0.05) is 36.5 Å². The minimum atomic E-state index is -1.05. The predicted molar refractivity (Wildman–Crippen MR) is 158 cm³/mol. The lowest BCUT2D eigenvalue weighted by molar-refractivity contribution is -0.132. The molecule has 1 unspecified atom stereocenters. The maximum atomic E-state index is 13.7. The normalized spacial score (nSPS) is 16.6. The van der Waals surface area contributed by atoms with Crippen LogP contribution in [-0.2, 0) is 9.59 Å². The Hall–Kier alpha value is -3.89. The van der Waals surface area contributed by atoms with Gasteiger partial charge in [-0.05, 0) is 83.2 Å². The summed E-state index contributed by atoms with van der Waals surface area (Å²) >= 11 is 4.64. The zero-order chi connectivity index (χ0) is 28.7. The number of aryl methyl sites for hydroxylation is 2. The van der Waals surface area contributed by atoms with Gasteiger partial charge >= 0.3 is 5.91 Å². The summed E-state index contributed by atoms with van der Waals surface area (Å²) in [5, 5.41) is 22.3. The van der Waals surface area contributed by atoms with Gasteiger partial charge < -0.3 is 19.7 Å². The molecule has 4 aromatic rings. The molecule has 2 N–H and O–H groups in total. The second-order valence-electron chi connectivity index (χ2n) is 9.52. The minimum absolute atomic E-state index is 0.107. The van der Waals surface area contributed by atoms with Gasteiger partial charge in [0.15, 0.2) is 16.6 Å². The number of aromatic nitrogens is 1. The first-order valence-electron chi connectivity index (χ1n) is 12.6. The number of aromatic hydroxyl groups is 1. The molecule has 1 aliphatic heterocycles. The van der Waals surface area contributed by atoms with Crippen LogP contribution in [0, 0.1) is 13.8 Å². The Kier molecular flexibility index (Phi) is 7.57. The number of anilines is 1. The van der Waals surface area contributed by atoms with E-state index in [1.165, 1.54) is 23.3 Å². The molecule has 0 aliphatic carbocycles. The van der Waals surface area contributed by atoms with Crippen LogP contribution in [0.15, 0.2) is 58.6 Å². The van der Waals surface area contributed by atoms with Gasteiger partial charge in [-0.25, -0.2) is 4.98 Å². The van der Waals surface area contributed by atoms with Gasteiger partial charge in [0.05, 0.1) is 40.0 Å².